The summed E-state index contributed by atoms with van der Waals surface area (Å²) in [5, 5.41) is 20.0. The number of carbonyl (C=O) groups excluding carboxylic acids is 1. The van der Waals surface area contributed by atoms with Crippen molar-refractivity contribution in [1.82, 2.24) is 0 Å². The molecule has 5 fully saturated rings. The highest BCUT2D eigenvalue weighted by Crippen LogP contribution is 2.72. The lowest BCUT2D eigenvalue weighted by molar-refractivity contribution is -0.138. The largest absolute Gasteiger partial charge is 0.393 e. The van der Waals surface area contributed by atoms with Gasteiger partial charge < -0.3 is 9.84 Å². The van der Waals surface area contributed by atoms with E-state index in [0.717, 1.165) is 38.5 Å². The summed E-state index contributed by atoms with van der Waals surface area (Å²) >= 11 is 0. The number of fused-ring (bicyclic) bond motifs is 4. The van der Waals surface area contributed by atoms with Gasteiger partial charge in [0.2, 0.25) is 0 Å². The van der Waals surface area contributed by atoms with E-state index in [1.807, 2.05) is 0 Å². The summed E-state index contributed by atoms with van der Waals surface area (Å²) in [5.41, 5.74) is -0.252. The number of Topliss-reactive ketones (excluding diaryl/α,β-unsaturated/α-hetero) is 1. The maximum absolute atomic E-state index is 12.4. The molecule has 0 aromatic rings. The Hall–Kier alpha value is -0.920. The average molecular weight is 329 g/mol. The number of nitriles is 1. The number of ketones is 1. The van der Waals surface area contributed by atoms with Crippen molar-refractivity contribution in [3.63, 3.8) is 0 Å². The number of epoxide rings is 1. The molecule has 9 atom stereocenters. The molecule has 4 aliphatic carbocycles. The van der Waals surface area contributed by atoms with Crippen LogP contribution in [0.25, 0.3) is 0 Å². The lowest BCUT2D eigenvalue weighted by atomic mass is 9.44. The lowest BCUT2D eigenvalue weighted by Crippen LogP contribution is -2.59. The Morgan fingerprint density at radius 1 is 1.17 bits per heavy atom. The molecule has 0 bridgehead atoms. The second-order valence-electron chi connectivity index (χ2n) is 9.65. The molecule has 4 saturated carbocycles. The van der Waals surface area contributed by atoms with Crippen LogP contribution in [0.3, 0.4) is 0 Å². The highest BCUT2D eigenvalue weighted by molar-refractivity contribution is 5.92. The molecule has 0 unspecified atom stereocenters. The first-order valence-electron chi connectivity index (χ1n) is 9.67. The molecule has 4 heteroatoms. The first-order valence-corrected chi connectivity index (χ1v) is 9.67. The van der Waals surface area contributed by atoms with Gasteiger partial charge in [0, 0.05) is 5.41 Å². The summed E-state index contributed by atoms with van der Waals surface area (Å²) in [6, 6.07) is 2.25. The van der Waals surface area contributed by atoms with Crippen LogP contribution in [0.1, 0.15) is 58.8 Å². The van der Waals surface area contributed by atoms with Crippen LogP contribution in [0.5, 0.6) is 0 Å². The third-order valence-electron chi connectivity index (χ3n) is 9.10. The summed E-state index contributed by atoms with van der Waals surface area (Å²) in [6.07, 6.45) is 6.53. The van der Waals surface area contributed by atoms with Gasteiger partial charge in [-0.2, -0.15) is 5.26 Å². The van der Waals surface area contributed by atoms with Crippen molar-refractivity contribution in [2.24, 2.45) is 34.5 Å². The quantitative estimate of drug-likeness (QED) is 0.694. The van der Waals surface area contributed by atoms with E-state index in [0.29, 0.717) is 24.2 Å². The Labute approximate surface area is 143 Å². The molecular weight excluding hydrogens is 302 g/mol. The number of hydrogen-bond donors (Lipinski definition) is 1. The van der Waals surface area contributed by atoms with Gasteiger partial charge in [-0.15, -0.1) is 0 Å². The van der Waals surface area contributed by atoms with Crippen LogP contribution in [0, 0.1) is 45.8 Å². The smallest absolute Gasteiger partial charge is 0.181 e. The van der Waals surface area contributed by atoms with Crippen LogP contribution in [0.4, 0.5) is 0 Å². The minimum absolute atomic E-state index is 0.0327. The summed E-state index contributed by atoms with van der Waals surface area (Å²) in [5.74, 6) is 1.29. The molecule has 0 amide bonds. The fourth-order valence-electron chi connectivity index (χ4n) is 7.66. The average Bonchev–Trinajstić information content (AvgIpc) is 3.23. The molecule has 24 heavy (non-hydrogen) atoms. The van der Waals surface area contributed by atoms with Crippen molar-refractivity contribution in [3.8, 4) is 6.07 Å². The molecule has 1 saturated heterocycles. The Bertz CT molecular complexity index is 656. The van der Waals surface area contributed by atoms with Crippen molar-refractivity contribution in [2.75, 3.05) is 0 Å². The number of ether oxygens (including phenoxy) is 1. The molecule has 0 aromatic heterocycles. The first kappa shape index (κ1) is 15.3. The molecule has 1 aliphatic heterocycles. The van der Waals surface area contributed by atoms with Gasteiger partial charge in [0.15, 0.2) is 5.78 Å². The van der Waals surface area contributed by atoms with Crippen molar-refractivity contribution in [1.29, 1.82) is 5.26 Å². The first-order chi connectivity index (χ1) is 11.4. The monoisotopic (exact) mass is 329 g/mol. The van der Waals surface area contributed by atoms with E-state index in [2.05, 4.69) is 19.9 Å². The minimum Gasteiger partial charge on any atom is -0.393 e. The van der Waals surface area contributed by atoms with E-state index in [4.69, 9.17) is 4.74 Å². The molecule has 1 spiro atoms. The highest BCUT2D eigenvalue weighted by atomic mass is 16.6. The van der Waals surface area contributed by atoms with Crippen LogP contribution in [-0.4, -0.2) is 28.7 Å². The van der Waals surface area contributed by atoms with Crippen LogP contribution in [0.15, 0.2) is 0 Å². The Morgan fingerprint density at radius 3 is 2.71 bits per heavy atom. The Kier molecular flexibility index (Phi) is 2.83. The van der Waals surface area contributed by atoms with Gasteiger partial charge in [0.05, 0.1) is 12.2 Å². The number of nitrogens with zero attached hydrogens (tertiary/aromatic N) is 1. The zero-order chi connectivity index (χ0) is 16.9. The molecule has 1 N–H and O–H groups in total. The van der Waals surface area contributed by atoms with E-state index in [1.165, 1.54) is 0 Å². The molecule has 1 heterocycles. The summed E-state index contributed by atoms with van der Waals surface area (Å²) in [4.78, 5) is 12.4. The number of aliphatic hydroxyl groups is 1. The van der Waals surface area contributed by atoms with Gasteiger partial charge >= 0.3 is 0 Å². The SMILES string of the molecule is C[C@]12CC[C@H]3[C@@H](CC[C@]45O[C@H]4C(=O)[C@H](C#N)C[C@]35C)[C@@H]1CC[C@@H]2O. The van der Waals surface area contributed by atoms with Gasteiger partial charge in [0.25, 0.3) is 0 Å². The minimum atomic E-state index is -0.489. The van der Waals surface area contributed by atoms with Gasteiger partial charge in [0.1, 0.15) is 17.6 Å². The Balaban J connectivity index is 1.53. The fraction of sp³-hybridized carbons (Fsp3) is 0.900. The van der Waals surface area contributed by atoms with Gasteiger partial charge in [-0.1, -0.05) is 13.8 Å². The van der Waals surface area contributed by atoms with E-state index < -0.39 is 5.92 Å². The second-order valence-corrected chi connectivity index (χ2v) is 9.65. The summed E-state index contributed by atoms with van der Waals surface area (Å²) in [6.45, 7) is 4.59. The standard InChI is InChI=1S/C20H27NO3/c1-18-7-6-14-12(13(18)3-4-15(18)22)5-8-20-17(24-20)16(23)11(10-21)9-19(14,20)2/h11-15,17,22H,3-9H2,1-2H3/t11-,12-,13-,14-,15-,17-,18-,19+,20-/m0/s1. The Morgan fingerprint density at radius 2 is 1.96 bits per heavy atom. The van der Waals surface area contributed by atoms with Crippen molar-refractivity contribution in [2.45, 2.75) is 76.6 Å². The predicted molar refractivity (Wildman–Crippen MR) is 86.7 cm³/mol. The second kappa shape index (κ2) is 4.43. The van der Waals surface area contributed by atoms with Gasteiger partial charge in [-0.05, 0) is 68.1 Å². The predicted octanol–water partition coefficient (Wildman–Crippen LogP) is 2.84. The van der Waals surface area contributed by atoms with Crippen LogP contribution in [0.2, 0.25) is 0 Å². The maximum Gasteiger partial charge on any atom is 0.181 e. The fourth-order valence-corrected chi connectivity index (χ4v) is 7.66. The molecule has 4 nitrogen and oxygen atoms in total. The van der Waals surface area contributed by atoms with Crippen LogP contribution in [-0.2, 0) is 9.53 Å². The van der Waals surface area contributed by atoms with Crippen LogP contribution >= 0.6 is 0 Å². The molecule has 130 valence electrons. The molecule has 5 rings (SSSR count). The van der Waals surface area contributed by atoms with Crippen molar-refractivity contribution in [3.05, 3.63) is 0 Å². The number of rotatable bonds is 0. The van der Waals surface area contributed by atoms with E-state index in [1.54, 1.807) is 0 Å². The van der Waals surface area contributed by atoms with Crippen LogP contribution < -0.4 is 0 Å². The van der Waals surface area contributed by atoms with E-state index in [-0.39, 0.29) is 34.4 Å². The zero-order valence-electron chi connectivity index (χ0n) is 14.6. The number of aliphatic hydroxyl groups excluding tert-OH is 1. The topological polar surface area (TPSA) is 73.6 Å². The van der Waals surface area contributed by atoms with E-state index >= 15 is 0 Å². The number of carbonyl (C=O) groups is 1. The van der Waals surface area contributed by atoms with Crippen molar-refractivity contribution < 1.29 is 14.6 Å². The summed E-state index contributed by atoms with van der Waals surface area (Å²) in [7, 11) is 0. The molecular formula is C20H27NO3. The normalized spacial score (nSPS) is 61.2. The number of hydrogen-bond acceptors (Lipinski definition) is 4. The third kappa shape index (κ3) is 1.51. The summed E-state index contributed by atoms with van der Waals surface area (Å²) < 4.78 is 6.07. The van der Waals surface area contributed by atoms with Crippen molar-refractivity contribution >= 4 is 5.78 Å². The van der Waals surface area contributed by atoms with Gasteiger partial charge in [-0.3, -0.25) is 4.79 Å². The van der Waals surface area contributed by atoms with E-state index in [9.17, 15) is 15.2 Å². The third-order valence-corrected chi connectivity index (χ3v) is 9.10. The molecule has 0 aromatic carbocycles. The lowest BCUT2D eigenvalue weighted by Gasteiger charge is -2.59. The highest BCUT2D eigenvalue weighted by Gasteiger charge is 2.78. The maximum atomic E-state index is 12.4. The molecule has 0 radical (unpaired) electrons. The molecule has 5 aliphatic rings. The van der Waals surface area contributed by atoms with Gasteiger partial charge in [-0.25, -0.2) is 0 Å². The zero-order valence-corrected chi connectivity index (χ0v) is 14.6.